The van der Waals surface area contributed by atoms with Gasteiger partial charge in [-0.3, -0.25) is 12.9 Å². The van der Waals surface area contributed by atoms with E-state index in [2.05, 4.69) is 98.7 Å². The van der Waals surface area contributed by atoms with Gasteiger partial charge in [0.2, 0.25) is 0 Å². The van der Waals surface area contributed by atoms with Crippen molar-refractivity contribution in [1.82, 2.24) is 4.90 Å². The second-order valence-electron chi connectivity index (χ2n) is 7.29. The molecule has 0 aliphatic heterocycles. The number of allylic oxidation sites excluding steroid dienone is 1. The SMILES string of the molecule is CCC(=C(c1cc[c-]cc1)c1ccc(OCCN(C)C)cc1)c1ccccc1.FB(F)F.[K+]. The zero-order valence-electron chi connectivity index (χ0n) is 19.7. The number of hydrogen-bond donors (Lipinski definition) is 0. The molecule has 0 N–H and O–H groups in total. The Balaban J connectivity index is 0.00000101. The van der Waals surface area contributed by atoms with Gasteiger partial charge in [0.15, 0.2) is 0 Å². The Morgan fingerprint density at radius 3 is 1.91 bits per heavy atom. The summed E-state index contributed by atoms with van der Waals surface area (Å²) in [5, 5.41) is 0. The summed E-state index contributed by atoms with van der Waals surface area (Å²) in [5.74, 6) is 0.907. The summed E-state index contributed by atoms with van der Waals surface area (Å²) in [4.78, 5) is 2.12. The fourth-order valence-corrected chi connectivity index (χ4v) is 3.30. The average molecular weight is 477 g/mol. The number of rotatable bonds is 8. The van der Waals surface area contributed by atoms with Crippen LogP contribution in [0.3, 0.4) is 0 Å². The van der Waals surface area contributed by atoms with Crippen LogP contribution in [0.1, 0.15) is 30.0 Å². The molecule has 7 heteroatoms. The molecule has 3 aromatic carbocycles. The molecule has 0 radical (unpaired) electrons. The maximum Gasteiger partial charge on any atom is 1.00 e. The first-order valence-corrected chi connectivity index (χ1v) is 10.5. The van der Waals surface area contributed by atoms with E-state index >= 15 is 0 Å². The van der Waals surface area contributed by atoms with Crippen LogP contribution < -0.4 is 56.1 Å². The van der Waals surface area contributed by atoms with Gasteiger partial charge in [-0.1, -0.05) is 49.4 Å². The largest absolute Gasteiger partial charge is 1.00 e. The molecule has 0 fully saturated rings. The first-order chi connectivity index (χ1) is 15.4. The molecule has 0 saturated carbocycles. The summed E-state index contributed by atoms with van der Waals surface area (Å²) in [7, 11) is 0.438. The molecule has 0 heterocycles. The maximum absolute atomic E-state index is 9.67. The third-order valence-corrected chi connectivity index (χ3v) is 4.73. The molecule has 33 heavy (non-hydrogen) atoms. The molecular weight excluding hydrogens is 449 g/mol. The molecule has 3 aromatic rings. The van der Waals surface area contributed by atoms with Crippen molar-refractivity contribution < 1.29 is 69.1 Å². The minimum atomic E-state index is -3.67. The van der Waals surface area contributed by atoms with Crippen molar-refractivity contribution in [3.05, 3.63) is 102 Å². The molecule has 3 rings (SSSR count). The Morgan fingerprint density at radius 2 is 1.39 bits per heavy atom. The van der Waals surface area contributed by atoms with Gasteiger partial charge >= 0.3 is 58.9 Å². The molecule has 2 nitrogen and oxygen atoms in total. The second kappa shape index (κ2) is 16.3. The summed E-state index contributed by atoms with van der Waals surface area (Å²) < 4.78 is 34.9. The summed E-state index contributed by atoms with van der Waals surface area (Å²) in [6.07, 6.45) is 0.957. The van der Waals surface area contributed by atoms with E-state index in [1.165, 1.54) is 27.8 Å². The first kappa shape index (κ1) is 29.7. The quantitative estimate of drug-likeness (QED) is 0.279. The summed E-state index contributed by atoms with van der Waals surface area (Å²) in [6, 6.07) is 30.5. The van der Waals surface area contributed by atoms with E-state index in [1.54, 1.807) is 0 Å². The monoisotopic (exact) mass is 477 g/mol. The minimum Gasteiger partial charge on any atom is -0.492 e. The van der Waals surface area contributed by atoms with Crippen LogP contribution in [-0.2, 0) is 0 Å². The van der Waals surface area contributed by atoms with Crippen LogP contribution in [0.5, 0.6) is 5.75 Å². The number of benzene rings is 3. The van der Waals surface area contributed by atoms with Crippen molar-refractivity contribution in [1.29, 1.82) is 0 Å². The van der Waals surface area contributed by atoms with Crippen LogP contribution >= 0.6 is 0 Å². The van der Waals surface area contributed by atoms with Gasteiger partial charge in [-0.25, -0.2) is 0 Å². The minimum absolute atomic E-state index is 0. The Bertz CT molecular complexity index is 950. The van der Waals surface area contributed by atoms with Gasteiger partial charge in [0.05, 0.1) is 0 Å². The van der Waals surface area contributed by atoms with Crippen molar-refractivity contribution in [2.75, 3.05) is 27.2 Å². The summed E-state index contributed by atoms with van der Waals surface area (Å²) in [5.41, 5.74) is 6.28. The van der Waals surface area contributed by atoms with E-state index in [0.29, 0.717) is 6.61 Å². The third kappa shape index (κ3) is 10.6. The predicted molar refractivity (Wildman–Crippen MR) is 127 cm³/mol. The molecule has 0 bridgehead atoms. The van der Waals surface area contributed by atoms with Gasteiger partial charge in [0.1, 0.15) is 12.4 Å². The molecule has 0 atom stereocenters. The van der Waals surface area contributed by atoms with Gasteiger partial charge in [-0.15, -0.1) is 5.56 Å². The molecule has 0 amide bonds. The maximum atomic E-state index is 9.67. The second-order valence-corrected chi connectivity index (χ2v) is 7.29. The number of hydrogen-bond acceptors (Lipinski definition) is 2. The van der Waals surface area contributed by atoms with Gasteiger partial charge in [-0.2, -0.15) is 30.3 Å². The van der Waals surface area contributed by atoms with Gasteiger partial charge in [0, 0.05) is 6.54 Å². The molecule has 0 unspecified atom stereocenters. The Labute approximate surface area is 238 Å². The van der Waals surface area contributed by atoms with Crippen LogP contribution in [0.2, 0.25) is 0 Å². The van der Waals surface area contributed by atoms with E-state index in [4.69, 9.17) is 4.74 Å². The van der Waals surface area contributed by atoms with Crippen molar-refractivity contribution in [2.24, 2.45) is 0 Å². The molecule has 0 saturated heterocycles. The standard InChI is InChI=1S/C26H28NO.BF3.K/c1-4-25(21-11-7-5-8-12-21)26(22-13-9-6-10-14-22)23-15-17-24(18-16-23)28-20-19-27(2)3;2-1(3)4;/h5,7-18H,4,19-20H2,1-3H3;;/q-1;;+1. The van der Waals surface area contributed by atoms with Crippen molar-refractivity contribution in [3.8, 4) is 5.75 Å². The third-order valence-electron chi connectivity index (χ3n) is 4.73. The van der Waals surface area contributed by atoms with Crippen LogP contribution in [0, 0.1) is 6.07 Å². The fraction of sp³-hybridized carbons (Fsp3) is 0.231. The topological polar surface area (TPSA) is 12.5 Å². The Morgan fingerprint density at radius 1 is 0.848 bits per heavy atom. The zero-order valence-corrected chi connectivity index (χ0v) is 22.8. The molecule has 168 valence electrons. The number of nitrogens with zero attached hydrogens (tertiary/aromatic N) is 1. The molecule has 0 spiro atoms. The smallest absolute Gasteiger partial charge is 0.492 e. The van der Waals surface area contributed by atoms with E-state index < -0.39 is 7.54 Å². The van der Waals surface area contributed by atoms with Crippen LogP contribution in [0.4, 0.5) is 12.9 Å². The molecule has 0 aliphatic carbocycles. The normalized spacial score (nSPS) is 11.0. The van der Waals surface area contributed by atoms with Gasteiger partial charge in [0.25, 0.3) is 0 Å². The fourth-order valence-electron chi connectivity index (χ4n) is 3.30. The van der Waals surface area contributed by atoms with Crippen LogP contribution in [0.15, 0.2) is 78.9 Å². The first-order valence-electron chi connectivity index (χ1n) is 10.5. The van der Waals surface area contributed by atoms with Crippen molar-refractivity contribution in [3.63, 3.8) is 0 Å². The van der Waals surface area contributed by atoms with Crippen LogP contribution in [-0.4, -0.2) is 39.7 Å². The molecular formula is C26H28BF3KNO. The van der Waals surface area contributed by atoms with Gasteiger partial charge in [-0.05, 0) is 54.9 Å². The van der Waals surface area contributed by atoms with Crippen LogP contribution in [0.25, 0.3) is 11.1 Å². The van der Waals surface area contributed by atoms with Crippen molar-refractivity contribution in [2.45, 2.75) is 13.3 Å². The van der Waals surface area contributed by atoms with E-state index in [1.807, 2.05) is 12.1 Å². The zero-order chi connectivity index (χ0) is 23.3. The number of halogens is 3. The summed E-state index contributed by atoms with van der Waals surface area (Å²) >= 11 is 0. The summed E-state index contributed by atoms with van der Waals surface area (Å²) in [6.45, 7) is 3.81. The predicted octanol–water partition coefficient (Wildman–Crippen LogP) is 3.68. The Kier molecular flexibility index (Phi) is 14.7. The number of likely N-dealkylation sites (N-methyl/N-ethyl adjacent to an activating group) is 1. The number of ether oxygens (including phenoxy) is 1. The van der Waals surface area contributed by atoms with E-state index in [0.717, 1.165) is 18.7 Å². The molecule has 0 aromatic heterocycles. The molecule has 0 aliphatic rings. The van der Waals surface area contributed by atoms with E-state index in [9.17, 15) is 12.9 Å². The van der Waals surface area contributed by atoms with Crippen molar-refractivity contribution >= 4 is 18.7 Å². The van der Waals surface area contributed by atoms with E-state index in [-0.39, 0.29) is 51.4 Å². The average Bonchev–Trinajstić information content (AvgIpc) is 2.78. The Hall–Kier alpha value is -1.35. The van der Waals surface area contributed by atoms with Gasteiger partial charge < -0.3 is 9.64 Å².